The van der Waals surface area contributed by atoms with Gasteiger partial charge >= 0.3 is 6.18 Å². The van der Waals surface area contributed by atoms with E-state index in [9.17, 15) is 13.2 Å². The van der Waals surface area contributed by atoms with Gasteiger partial charge in [-0.25, -0.2) is 0 Å². The predicted octanol–water partition coefficient (Wildman–Crippen LogP) is 3.61. The molecule has 1 aromatic rings. The Morgan fingerprint density at radius 1 is 1.24 bits per heavy atom. The Kier molecular flexibility index (Phi) is 5.08. The van der Waals surface area contributed by atoms with Gasteiger partial charge in [0.25, 0.3) is 0 Å². The van der Waals surface area contributed by atoms with Crippen molar-refractivity contribution < 1.29 is 22.6 Å². The number of alkyl halides is 3. The van der Waals surface area contributed by atoms with Gasteiger partial charge in [-0.15, -0.1) is 0 Å². The number of ether oxygens (including phenoxy) is 2. The Morgan fingerprint density at radius 3 is 2.53 bits per heavy atom. The van der Waals surface area contributed by atoms with Crippen molar-refractivity contribution in [3.05, 3.63) is 28.8 Å². The van der Waals surface area contributed by atoms with E-state index in [0.717, 1.165) is 5.56 Å². The molecule has 0 saturated heterocycles. The third-order valence-corrected chi connectivity index (χ3v) is 2.13. The van der Waals surface area contributed by atoms with E-state index in [-0.39, 0.29) is 13.2 Å². The molecular weight excluding hydrogens is 257 g/mol. The summed E-state index contributed by atoms with van der Waals surface area (Å²) in [4.78, 5) is 0. The first-order valence-corrected chi connectivity index (χ1v) is 5.30. The molecule has 0 spiro atoms. The summed E-state index contributed by atoms with van der Waals surface area (Å²) in [6.45, 7) is 0.503. The van der Waals surface area contributed by atoms with Gasteiger partial charge in [-0.3, -0.25) is 0 Å². The second-order valence-corrected chi connectivity index (χ2v) is 3.86. The maximum Gasteiger partial charge on any atom is 0.411 e. The normalized spacial score (nSPS) is 11.6. The quantitative estimate of drug-likeness (QED) is 0.760. The summed E-state index contributed by atoms with van der Waals surface area (Å²) in [6.07, 6.45) is -4.30. The number of hydrogen-bond acceptors (Lipinski definition) is 2. The van der Waals surface area contributed by atoms with Gasteiger partial charge in [0.15, 0.2) is 0 Å². The molecule has 1 rings (SSSR count). The first kappa shape index (κ1) is 14.1. The van der Waals surface area contributed by atoms with Crippen LogP contribution >= 0.6 is 11.6 Å². The van der Waals surface area contributed by atoms with Crippen molar-refractivity contribution in [3.63, 3.8) is 0 Å². The fourth-order valence-corrected chi connectivity index (χ4v) is 1.41. The Bertz CT molecular complexity index is 366. The van der Waals surface area contributed by atoms with Crippen LogP contribution in [0.4, 0.5) is 13.2 Å². The van der Waals surface area contributed by atoms with Crippen molar-refractivity contribution in [1.82, 2.24) is 0 Å². The molecule has 0 aliphatic carbocycles. The highest BCUT2D eigenvalue weighted by Gasteiger charge is 2.27. The number of rotatable bonds is 5. The molecule has 17 heavy (non-hydrogen) atoms. The van der Waals surface area contributed by atoms with E-state index in [1.807, 2.05) is 6.92 Å². The highest BCUT2D eigenvalue weighted by molar-refractivity contribution is 6.32. The minimum Gasteiger partial charge on any atom is -0.490 e. The van der Waals surface area contributed by atoms with Crippen molar-refractivity contribution in [2.75, 3.05) is 19.8 Å². The maximum atomic E-state index is 11.7. The first-order valence-electron chi connectivity index (χ1n) is 4.92. The van der Waals surface area contributed by atoms with E-state index in [1.165, 1.54) is 0 Å². The summed E-state index contributed by atoms with van der Waals surface area (Å²) in [5, 5.41) is 0.431. The summed E-state index contributed by atoms with van der Waals surface area (Å²) >= 11 is 5.87. The van der Waals surface area contributed by atoms with Gasteiger partial charge in [0.1, 0.15) is 19.0 Å². The molecule has 0 radical (unpaired) electrons. The van der Waals surface area contributed by atoms with Crippen LogP contribution < -0.4 is 4.74 Å². The Hall–Kier alpha value is -0.940. The number of hydrogen-bond donors (Lipinski definition) is 0. The van der Waals surface area contributed by atoms with E-state index < -0.39 is 12.8 Å². The highest BCUT2D eigenvalue weighted by atomic mass is 35.5. The fraction of sp³-hybridized carbons (Fsp3) is 0.455. The Balaban J connectivity index is 2.27. The first-order chi connectivity index (χ1) is 7.88. The second-order valence-electron chi connectivity index (χ2n) is 3.45. The third kappa shape index (κ3) is 5.79. The van der Waals surface area contributed by atoms with E-state index in [1.54, 1.807) is 18.2 Å². The van der Waals surface area contributed by atoms with Crippen molar-refractivity contribution in [2.45, 2.75) is 13.1 Å². The third-order valence-electron chi connectivity index (χ3n) is 1.84. The summed E-state index contributed by atoms with van der Waals surface area (Å²) in [5.41, 5.74) is 0.982. The van der Waals surface area contributed by atoms with Crippen LogP contribution in [0.3, 0.4) is 0 Å². The number of halogens is 4. The average Bonchev–Trinajstić information content (AvgIpc) is 2.18. The molecule has 0 aliphatic heterocycles. The lowest BCUT2D eigenvalue weighted by Crippen LogP contribution is -2.19. The van der Waals surface area contributed by atoms with Gasteiger partial charge in [0, 0.05) is 0 Å². The molecule has 6 heteroatoms. The molecule has 0 heterocycles. The molecular formula is C11H12ClF3O2. The fourth-order valence-electron chi connectivity index (χ4n) is 1.12. The maximum absolute atomic E-state index is 11.7. The summed E-state index contributed by atoms with van der Waals surface area (Å²) in [7, 11) is 0. The van der Waals surface area contributed by atoms with E-state index in [4.69, 9.17) is 16.3 Å². The van der Waals surface area contributed by atoms with Gasteiger partial charge in [0.2, 0.25) is 0 Å². The SMILES string of the molecule is Cc1ccc(OCCOCC(F)(F)F)c(Cl)c1. The Labute approximate surface area is 102 Å². The minimum absolute atomic E-state index is 0.0266. The van der Waals surface area contributed by atoms with Crippen LogP contribution in [0.5, 0.6) is 5.75 Å². The van der Waals surface area contributed by atoms with Crippen LogP contribution in [0.25, 0.3) is 0 Å². The zero-order valence-electron chi connectivity index (χ0n) is 9.18. The number of benzene rings is 1. The second kappa shape index (κ2) is 6.12. The van der Waals surface area contributed by atoms with E-state index in [2.05, 4.69) is 4.74 Å². The zero-order chi connectivity index (χ0) is 12.9. The van der Waals surface area contributed by atoms with Gasteiger partial charge in [-0.1, -0.05) is 17.7 Å². The van der Waals surface area contributed by atoms with Gasteiger partial charge in [-0.05, 0) is 24.6 Å². The van der Waals surface area contributed by atoms with Crippen molar-refractivity contribution >= 4 is 11.6 Å². The van der Waals surface area contributed by atoms with Crippen molar-refractivity contribution in [3.8, 4) is 5.75 Å². The van der Waals surface area contributed by atoms with Crippen LogP contribution in [-0.4, -0.2) is 26.0 Å². The molecule has 0 unspecified atom stereocenters. The molecule has 96 valence electrons. The molecule has 0 bridgehead atoms. The van der Waals surface area contributed by atoms with Crippen LogP contribution in [0.15, 0.2) is 18.2 Å². The van der Waals surface area contributed by atoms with Gasteiger partial charge in [-0.2, -0.15) is 13.2 Å². The molecule has 0 fully saturated rings. The van der Waals surface area contributed by atoms with E-state index in [0.29, 0.717) is 10.8 Å². The van der Waals surface area contributed by atoms with Crippen LogP contribution in [-0.2, 0) is 4.74 Å². The number of aryl methyl sites for hydroxylation is 1. The van der Waals surface area contributed by atoms with Crippen LogP contribution in [0, 0.1) is 6.92 Å². The smallest absolute Gasteiger partial charge is 0.411 e. The lowest BCUT2D eigenvalue weighted by Gasteiger charge is -2.10. The molecule has 2 nitrogen and oxygen atoms in total. The molecule has 0 N–H and O–H groups in total. The average molecular weight is 269 g/mol. The molecule has 0 aliphatic rings. The molecule has 0 saturated carbocycles. The Morgan fingerprint density at radius 2 is 1.94 bits per heavy atom. The molecule has 0 aromatic heterocycles. The molecule has 0 amide bonds. The molecule has 0 atom stereocenters. The van der Waals surface area contributed by atoms with Crippen molar-refractivity contribution in [2.24, 2.45) is 0 Å². The topological polar surface area (TPSA) is 18.5 Å². The predicted molar refractivity (Wildman–Crippen MR) is 58.6 cm³/mol. The summed E-state index contributed by atoms with van der Waals surface area (Å²) in [5.74, 6) is 0.438. The highest BCUT2D eigenvalue weighted by Crippen LogP contribution is 2.25. The lowest BCUT2D eigenvalue weighted by molar-refractivity contribution is -0.175. The van der Waals surface area contributed by atoms with E-state index >= 15 is 0 Å². The van der Waals surface area contributed by atoms with Crippen LogP contribution in [0.2, 0.25) is 5.02 Å². The van der Waals surface area contributed by atoms with Crippen molar-refractivity contribution in [1.29, 1.82) is 0 Å². The lowest BCUT2D eigenvalue weighted by atomic mass is 10.2. The zero-order valence-corrected chi connectivity index (χ0v) is 9.94. The largest absolute Gasteiger partial charge is 0.490 e. The summed E-state index contributed by atoms with van der Waals surface area (Å²) < 4.78 is 44.8. The standard InChI is InChI=1S/C11H12ClF3O2/c1-8-2-3-10(9(12)6-8)17-5-4-16-7-11(13,14)15/h2-3,6H,4-5,7H2,1H3. The monoisotopic (exact) mass is 268 g/mol. The van der Waals surface area contributed by atoms with Crippen LogP contribution in [0.1, 0.15) is 5.56 Å². The molecule has 1 aromatic carbocycles. The minimum atomic E-state index is -4.30. The summed E-state index contributed by atoms with van der Waals surface area (Å²) in [6, 6.07) is 5.19. The van der Waals surface area contributed by atoms with Gasteiger partial charge < -0.3 is 9.47 Å². The van der Waals surface area contributed by atoms with Gasteiger partial charge in [0.05, 0.1) is 11.6 Å².